The van der Waals surface area contributed by atoms with Crippen molar-refractivity contribution >= 4 is 17.1 Å². The van der Waals surface area contributed by atoms with E-state index in [1.807, 2.05) is 30.3 Å². The molecule has 0 saturated carbocycles. The summed E-state index contributed by atoms with van der Waals surface area (Å²) in [5.41, 5.74) is 1.20. The highest BCUT2D eigenvalue weighted by Gasteiger charge is 2.16. The quantitative estimate of drug-likeness (QED) is 0.500. The highest BCUT2D eigenvalue weighted by Crippen LogP contribution is 2.31. The van der Waals surface area contributed by atoms with Crippen LogP contribution in [0.3, 0.4) is 0 Å². The Labute approximate surface area is 140 Å². The van der Waals surface area contributed by atoms with Crippen molar-refractivity contribution in [3.63, 3.8) is 0 Å². The molecule has 0 spiro atoms. The molecular weight excluding hydrogens is 302 g/mol. The molecule has 1 unspecified atom stereocenters. The first-order valence-electron chi connectivity index (χ1n) is 7.53. The summed E-state index contributed by atoms with van der Waals surface area (Å²) in [6.45, 7) is 3.85. The van der Waals surface area contributed by atoms with Gasteiger partial charge >= 0.3 is 0 Å². The predicted molar refractivity (Wildman–Crippen MR) is 93.7 cm³/mol. The number of hydrogen-bond acceptors (Lipinski definition) is 4. The molecule has 1 heterocycles. The molecule has 0 aliphatic rings. The van der Waals surface area contributed by atoms with Crippen molar-refractivity contribution in [3.8, 4) is 11.5 Å². The van der Waals surface area contributed by atoms with Gasteiger partial charge in [-0.05, 0) is 29.7 Å². The number of carbonyl (C=O) groups is 1. The molecule has 0 saturated heterocycles. The van der Waals surface area contributed by atoms with Gasteiger partial charge in [0.05, 0.1) is 18.4 Å². The molecule has 0 aliphatic heterocycles. The number of nitrogens with zero attached hydrogens (tertiary/aromatic N) is 1. The molecule has 4 nitrogen and oxygen atoms in total. The Morgan fingerprint density at radius 3 is 2.75 bits per heavy atom. The maximum Gasteiger partial charge on any atom is 0.159 e. The number of aromatic nitrogens is 1. The molecule has 1 aromatic heterocycles. The first-order chi connectivity index (χ1) is 11.8. The smallest absolute Gasteiger partial charge is 0.159 e. The molecule has 24 heavy (non-hydrogen) atoms. The van der Waals surface area contributed by atoms with Crippen LogP contribution in [0.25, 0.3) is 10.8 Å². The second-order valence-corrected chi connectivity index (χ2v) is 5.21. The minimum atomic E-state index is -0.484. The Morgan fingerprint density at radius 1 is 1.17 bits per heavy atom. The lowest BCUT2D eigenvalue weighted by Crippen LogP contribution is -2.08. The van der Waals surface area contributed by atoms with Gasteiger partial charge < -0.3 is 9.47 Å². The summed E-state index contributed by atoms with van der Waals surface area (Å²) in [6.07, 6.45) is 3.68. The van der Waals surface area contributed by atoms with E-state index in [0.29, 0.717) is 17.1 Å². The van der Waals surface area contributed by atoms with Crippen LogP contribution in [0.5, 0.6) is 11.5 Å². The number of hydrogen-bond donors (Lipinski definition) is 0. The summed E-state index contributed by atoms with van der Waals surface area (Å²) in [6, 6.07) is 14.9. The van der Waals surface area contributed by atoms with E-state index in [0.717, 1.165) is 22.8 Å². The Morgan fingerprint density at radius 2 is 2.00 bits per heavy atom. The molecular formula is C20H17NO3. The fourth-order valence-electron chi connectivity index (χ4n) is 2.56. The molecule has 0 amide bonds. The van der Waals surface area contributed by atoms with Crippen molar-refractivity contribution < 1.29 is 14.3 Å². The van der Waals surface area contributed by atoms with E-state index in [-0.39, 0.29) is 0 Å². The van der Waals surface area contributed by atoms with Gasteiger partial charge in [0.15, 0.2) is 12.4 Å². The zero-order valence-corrected chi connectivity index (χ0v) is 13.3. The van der Waals surface area contributed by atoms with Crippen LogP contribution in [-0.2, 0) is 0 Å². The largest absolute Gasteiger partial charge is 0.497 e. The average molecular weight is 319 g/mol. The van der Waals surface area contributed by atoms with Gasteiger partial charge in [-0.1, -0.05) is 30.8 Å². The normalized spacial score (nSPS) is 11.7. The van der Waals surface area contributed by atoms with E-state index in [9.17, 15) is 4.79 Å². The molecule has 120 valence electrons. The van der Waals surface area contributed by atoms with Crippen LogP contribution in [0.1, 0.15) is 22.2 Å². The zero-order valence-electron chi connectivity index (χ0n) is 13.3. The topological polar surface area (TPSA) is 48.4 Å². The Hall–Kier alpha value is -3.14. The first kappa shape index (κ1) is 15.7. The molecule has 0 aliphatic carbocycles. The van der Waals surface area contributed by atoms with Crippen LogP contribution >= 0.6 is 0 Å². The van der Waals surface area contributed by atoms with E-state index >= 15 is 0 Å². The minimum absolute atomic E-state index is 0.434. The summed E-state index contributed by atoms with van der Waals surface area (Å²) < 4.78 is 11.2. The van der Waals surface area contributed by atoms with Crippen molar-refractivity contribution in [1.29, 1.82) is 0 Å². The summed E-state index contributed by atoms with van der Waals surface area (Å²) in [7, 11) is 1.57. The van der Waals surface area contributed by atoms with E-state index in [1.54, 1.807) is 37.6 Å². The molecule has 0 N–H and O–H groups in total. The second kappa shape index (κ2) is 6.96. The van der Waals surface area contributed by atoms with Crippen molar-refractivity contribution in [2.24, 2.45) is 0 Å². The van der Waals surface area contributed by atoms with Crippen LogP contribution in [0, 0.1) is 0 Å². The number of pyridine rings is 1. The third-order valence-electron chi connectivity index (χ3n) is 3.79. The van der Waals surface area contributed by atoms with E-state index < -0.39 is 6.10 Å². The lowest BCUT2D eigenvalue weighted by Gasteiger charge is -2.18. The SMILES string of the molecule is C=CC(Oc1cc(OC)ccc1C=O)c1nccc2ccccc12. The first-order valence-corrected chi connectivity index (χ1v) is 7.53. The highest BCUT2D eigenvalue weighted by molar-refractivity contribution is 5.85. The molecule has 3 aromatic rings. The third-order valence-corrected chi connectivity index (χ3v) is 3.79. The van der Waals surface area contributed by atoms with Crippen LogP contribution < -0.4 is 9.47 Å². The summed E-state index contributed by atoms with van der Waals surface area (Å²) >= 11 is 0. The average Bonchev–Trinajstić information content (AvgIpc) is 2.65. The van der Waals surface area contributed by atoms with Crippen molar-refractivity contribution in [2.45, 2.75) is 6.10 Å². The number of aldehydes is 1. The molecule has 0 bridgehead atoms. The number of rotatable bonds is 6. The molecule has 2 aromatic carbocycles. The van der Waals surface area contributed by atoms with Crippen molar-refractivity contribution in [3.05, 3.63) is 78.6 Å². The monoisotopic (exact) mass is 319 g/mol. The van der Waals surface area contributed by atoms with Gasteiger partial charge in [-0.2, -0.15) is 0 Å². The van der Waals surface area contributed by atoms with E-state index in [4.69, 9.17) is 9.47 Å². The van der Waals surface area contributed by atoms with E-state index in [1.165, 1.54) is 0 Å². The number of benzene rings is 2. The standard InChI is InChI=1S/C20H17NO3/c1-3-18(20-17-7-5-4-6-14(17)10-11-21-20)24-19-12-16(23-2)9-8-15(19)13-22/h3-13,18H,1H2,2H3. The molecule has 4 heteroatoms. The summed E-state index contributed by atoms with van der Waals surface area (Å²) in [5.74, 6) is 1.05. The van der Waals surface area contributed by atoms with Gasteiger partial charge in [0, 0.05) is 17.6 Å². The van der Waals surface area contributed by atoms with Gasteiger partial charge in [-0.3, -0.25) is 9.78 Å². The number of fused-ring (bicyclic) bond motifs is 1. The van der Waals surface area contributed by atoms with Gasteiger partial charge in [0.1, 0.15) is 11.5 Å². The number of carbonyl (C=O) groups excluding carboxylic acids is 1. The van der Waals surface area contributed by atoms with Gasteiger partial charge in [-0.25, -0.2) is 0 Å². The Bertz CT molecular complexity index is 884. The molecule has 1 atom stereocenters. The second-order valence-electron chi connectivity index (χ2n) is 5.21. The Kier molecular flexibility index (Phi) is 4.57. The molecule has 0 fully saturated rings. The predicted octanol–water partition coefficient (Wildman–Crippen LogP) is 4.36. The fourth-order valence-corrected chi connectivity index (χ4v) is 2.56. The number of methoxy groups -OCH3 is 1. The van der Waals surface area contributed by atoms with Gasteiger partial charge in [-0.15, -0.1) is 0 Å². The molecule has 0 radical (unpaired) electrons. The van der Waals surface area contributed by atoms with Crippen molar-refractivity contribution in [1.82, 2.24) is 4.98 Å². The summed E-state index contributed by atoms with van der Waals surface area (Å²) in [5, 5.41) is 2.06. The minimum Gasteiger partial charge on any atom is -0.497 e. The lowest BCUT2D eigenvalue weighted by molar-refractivity contribution is 0.111. The van der Waals surface area contributed by atoms with Crippen LogP contribution in [0.4, 0.5) is 0 Å². The van der Waals surface area contributed by atoms with Gasteiger partial charge in [0.2, 0.25) is 0 Å². The molecule has 3 rings (SSSR count). The van der Waals surface area contributed by atoms with Crippen LogP contribution in [0.15, 0.2) is 67.4 Å². The highest BCUT2D eigenvalue weighted by atomic mass is 16.5. The maximum atomic E-state index is 11.3. The maximum absolute atomic E-state index is 11.3. The van der Waals surface area contributed by atoms with Gasteiger partial charge in [0.25, 0.3) is 0 Å². The van der Waals surface area contributed by atoms with Crippen molar-refractivity contribution in [2.75, 3.05) is 7.11 Å². The number of ether oxygens (including phenoxy) is 2. The zero-order chi connectivity index (χ0) is 16.9. The van der Waals surface area contributed by atoms with Crippen LogP contribution in [-0.4, -0.2) is 18.4 Å². The lowest BCUT2D eigenvalue weighted by atomic mass is 10.1. The third kappa shape index (κ3) is 2.99. The van der Waals surface area contributed by atoms with Crippen LogP contribution in [0.2, 0.25) is 0 Å². The summed E-state index contributed by atoms with van der Waals surface area (Å²) in [4.78, 5) is 15.7. The van der Waals surface area contributed by atoms with E-state index in [2.05, 4.69) is 11.6 Å². The fraction of sp³-hybridized carbons (Fsp3) is 0.100. The Balaban J connectivity index is 2.04.